The molecule has 1 aliphatic heterocycles. The molecular weight excluding hydrogens is 318 g/mol. The van der Waals surface area contributed by atoms with Crippen molar-refractivity contribution in [2.75, 3.05) is 5.32 Å². The molecule has 25 heavy (non-hydrogen) atoms. The Kier molecular flexibility index (Phi) is 3.57. The molecule has 1 amide bonds. The molecule has 1 aromatic heterocycles. The van der Waals surface area contributed by atoms with Gasteiger partial charge in [0.05, 0.1) is 11.4 Å². The molecule has 0 saturated carbocycles. The maximum Gasteiger partial charge on any atom is 0.276 e. The number of imidazole rings is 1. The standard InChI is InChI=1S/C19H15N3O3/c1-12(23)13-5-4-6-14(9-13)21-19(24)18-16-10-25-17-8-3-2-7-15(17)22(16)11-20-18/h2-9,11H,10H2,1H3,(H,21,24). The Morgan fingerprint density at radius 2 is 2.00 bits per heavy atom. The van der Waals surface area contributed by atoms with Gasteiger partial charge in [-0.15, -0.1) is 0 Å². The number of para-hydroxylation sites is 2. The van der Waals surface area contributed by atoms with Crippen LogP contribution in [0.15, 0.2) is 54.9 Å². The Labute approximate surface area is 144 Å². The van der Waals surface area contributed by atoms with E-state index in [0.717, 1.165) is 11.4 Å². The molecule has 0 spiro atoms. The maximum atomic E-state index is 12.6. The van der Waals surface area contributed by atoms with E-state index in [-0.39, 0.29) is 18.3 Å². The number of hydrogen-bond donors (Lipinski definition) is 1. The van der Waals surface area contributed by atoms with Crippen molar-refractivity contribution < 1.29 is 14.3 Å². The zero-order valence-corrected chi connectivity index (χ0v) is 13.5. The van der Waals surface area contributed by atoms with Crippen molar-refractivity contribution in [3.63, 3.8) is 0 Å². The van der Waals surface area contributed by atoms with Crippen LogP contribution in [0.25, 0.3) is 5.69 Å². The molecule has 0 saturated heterocycles. The van der Waals surface area contributed by atoms with Crippen LogP contribution >= 0.6 is 0 Å². The third-order valence-corrected chi connectivity index (χ3v) is 4.10. The van der Waals surface area contributed by atoms with Crippen molar-refractivity contribution in [2.24, 2.45) is 0 Å². The molecule has 0 radical (unpaired) electrons. The summed E-state index contributed by atoms with van der Waals surface area (Å²) in [5.74, 6) is 0.367. The molecule has 3 aromatic rings. The number of nitrogens with zero attached hydrogens (tertiary/aromatic N) is 2. The number of nitrogens with one attached hydrogen (secondary N) is 1. The molecule has 4 rings (SSSR count). The molecule has 6 heteroatoms. The van der Waals surface area contributed by atoms with Gasteiger partial charge in [-0.1, -0.05) is 24.3 Å². The van der Waals surface area contributed by atoms with E-state index in [4.69, 9.17) is 4.74 Å². The Hall–Kier alpha value is -3.41. The van der Waals surface area contributed by atoms with Crippen molar-refractivity contribution in [1.29, 1.82) is 0 Å². The number of Topliss-reactive ketones (excluding diaryl/α,β-unsaturated/α-hetero) is 1. The summed E-state index contributed by atoms with van der Waals surface area (Å²) >= 11 is 0. The minimum Gasteiger partial charge on any atom is -0.485 e. The molecule has 0 atom stereocenters. The molecule has 124 valence electrons. The Bertz CT molecular complexity index is 991. The number of benzene rings is 2. The monoisotopic (exact) mass is 333 g/mol. The van der Waals surface area contributed by atoms with E-state index in [9.17, 15) is 9.59 Å². The fourth-order valence-corrected chi connectivity index (χ4v) is 2.84. The summed E-state index contributed by atoms with van der Waals surface area (Å²) in [6.07, 6.45) is 1.62. The van der Waals surface area contributed by atoms with Gasteiger partial charge in [0.2, 0.25) is 0 Å². The van der Waals surface area contributed by atoms with Crippen molar-refractivity contribution in [3.8, 4) is 11.4 Å². The van der Waals surface area contributed by atoms with Gasteiger partial charge in [-0.2, -0.15) is 0 Å². The average Bonchev–Trinajstić information content (AvgIpc) is 3.06. The Morgan fingerprint density at radius 1 is 1.16 bits per heavy atom. The minimum atomic E-state index is -0.336. The highest BCUT2D eigenvalue weighted by molar-refractivity contribution is 6.04. The number of aromatic nitrogens is 2. The van der Waals surface area contributed by atoms with Crippen LogP contribution in [-0.2, 0) is 6.61 Å². The molecule has 2 heterocycles. The number of hydrogen-bond acceptors (Lipinski definition) is 4. The zero-order valence-electron chi connectivity index (χ0n) is 13.5. The SMILES string of the molecule is CC(=O)c1cccc(NC(=O)c2ncn3c2COc2ccccc2-3)c1. The number of fused-ring (bicyclic) bond motifs is 3. The molecule has 1 aliphatic rings. The first kappa shape index (κ1) is 15.1. The smallest absolute Gasteiger partial charge is 0.276 e. The first-order valence-corrected chi connectivity index (χ1v) is 7.84. The first-order chi connectivity index (χ1) is 12.1. The summed E-state index contributed by atoms with van der Waals surface area (Å²) < 4.78 is 7.58. The summed E-state index contributed by atoms with van der Waals surface area (Å²) in [6, 6.07) is 14.4. The van der Waals surface area contributed by atoms with Crippen LogP contribution in [0.4, 0.5) is 5.69 Å². The van der Waals surface area contributed by atoms with Gasteiger partial charge in [0.15, 0.2) is 11.5 Å². The highest BCUT2D eigenvalue weighted by Crippen LogP contribution is 2.30. The van der Waals surface area contributed by atoms with E-state index in [2.05, 4.69) is 10.3 Å². The maximum absolute atomic E-state index is 12.6. The molecule has 0 aliphatic carbocycles. The van der Waals surface area contributed by atoms with Gasteiger partial charge in [0, 0.05) is 11.3 Å². The summed E-state index contributed by atoms with van der Waals surface area (Å²) in [6.45, 7) is 1.76. The number of rotatable bonds is 3. The largest absolute Gasteiger partial charge is 0.485 e. The van der Waals surface area contributed by atoms with Crippen molar-refractivity contribution in [2.45, 2.75) is 13.5 Å². The lowest BCUT2D eigenvalue weighted by molar-refractivity contribution is 0.100. The molecule has 1 N–H and O–H groups in total. The van der Waals surface area contributed by atoms with Crippen LogP contribution in [0.5, 0.6) is 5.75 Å². The highest BCUT2D eigenvalue weighted by atomic mass is 16.5. The fourth-order valence-electron chi connectivity index (χ4n) is 2.84. The average molecular weight is 333 g/mol. The predicted molar refractivity (Wildman–Crippen MR) is 92.3 cm³/mol. The topological polar surface area (TPSA) is 73.2 Å². The second kappa shape index (κ2) is 5.90. The van der Waals surface area contributed by atoms with E-state index in [1.807, 2.05) is 28.8 Å². The van der Waals surface area contributed by atoms with Gasteiger partial charge in [-0.25, -0.2) is 4.98 Å². The molecular formula is C19H15N3O3. The number of ether oxygens (including phenoxy) is 1. The van der Waals surface area contributed by atoms with Crippen LogP contribution in [0.1, 0.15) is 33.5 Å². The highest BCUT2D eigenvalue weighted by Gasteiger charge is 2.24. The van der Waals surface area contributed by atoms with Crippen LogP contribution in [0.2, 0.25) is 0 Å². The number of anilines is 1. The number of amides is 1. The Morgan fingerprint density at radius 3 is 2.84 bits per heavy atom. The summed E-state index contributed by atoms with van der Waals surface area (Å²) in [5.41, 5.74) is 2.95. The lowest BCUT2D eigenvalue weighted by atomic mass is 10.1. The van der Waals surface area contributed by atoms with Gasteiger partial charge in [0.1, 0.15) is 18.7 Å². The lowest BCUT2D eigenvalue weighted by Gasteiger charge is -2.20. The minimum absolute atomic E-state index is 0.0551. The van der Waals surface area contributed by atoms with Gasteiger partial charge in [-0.3, -0.25) is 14.2 Å². The van der Waals surface area contributed by atoms with E-state index in [1.54, 1.807) is 30.6 Å². The Balaban J connectivity index is 1.64. The van der Waals surface area contributed by atoms with Gasteiger partial charge in [-0.05, 0) is 31.2 Å². The third-order valence-electron chi connectivity index (χ3n) is 4.10. The van der Waals surface area contributed by atoms with Crippen molar-refractivity contribution >= 4 is 17.4 Å². The third kappa shape index (κ3) is 2.67. The van der Waals surface area contributed by atoms with Crippen LogP contribution in [0.3, 0.4) is 0 Å². The molecule has 6 nitrogen and oxygen atoms in total. The van der Waals surface area contributed by atoms with Gasteiger partial charge >= 0.3 is 0 Å². The molecule has 0 bridgehead atoms. The fraction of sp³-hybridized carbons (Fsp3) is 0.105. The first-order valence-electron chi connectivity index (χ1n) is 7.84. The van der Waals surface area contributed by atoms with Crippen LogP contribution in [0, 0.1) is 0 Å². The van der Waals surface area contributed by atoms with E-state index >= 15 is 0 Å². The van der Waals surface area contributed by atoms with Crippen LogP contribution in [-0.4, -0.2) is 21.2 Å². The van der Waals surface area contributed by atoms with E-state index in [0.29, 0.717) is 22.6 Å². The van der Waals surface area contributed by atoms with E-state index < -0.39 is 0 Å². The van der Waals surface area contributed by atoms with Crippen molar-refractivity contribution in [1.82, 2.24) is 9.55 Å². The zero-order chi connectivity index (χ0) is 17.4. The summed E-state index contributed by atoms with van der Waals surface area (Å²) in [5, 5.41) is 2.79. The molecule has 0 fully saturated rings. The van der Waals surface area contributed by atoms with E-state index in [1.165, 1.54) is 6.92 Å². The lowest BCUT2D eigenvalue weighted by Crippen LogP contribution is -2.19. The van der Waals surface area contributed by atoms with Crippen LogP contribution < -0.4 is 10.1 Å². The van der Waals surface area contributed by atoms with Crippen molar-refractivity contribution in [3.05, 3.63) is 71.8 Å². The number of carbonyl (C=O) groups is 2. The number of ketones is 1. The second-order valence-electron chi connectivity index (χ2n) is 5.76. The molecule has 0 unspecified atom stereocenters. The second-order valence-corrected chi connectivity index (χ2v) is 5.76. The molecule has 2 aromatic carbocycles. The number of carbonyl (C=O) groups excluding carboxylic acids is 2. The van der Waals surface area contributed by atoms with Gasteiger partial charge < -0.3 is 10.1 Å². The quantitative estimate of drug-likeness (QED) is 0.747. The summed E-state index contributed by atoms with van der Waals surface area (Å²) in [4.78, 5) is 28.3. The van der Waals surface area contributed by atoms with Gasteiger partial charge in [0.25, 0.3) is 5.91 Å². The normalized spacial score (nSPS) is 11.9. The summed E-state index contributed by atoms with van der Waals surface area (Å²) in [7, 11) is 0. The predicted octanol–water partition coefficient (Wildman–Crippen LogP) is 3.22.